The van der Waals surface area contributed by atoms with E-state index in [1.807, 2.05) is 0 Å². The Labute approximate surface area is 59.0 Å². The van der Waals surface area contributed by atoms with Crippen LogP contribution in [0.5, 0.6) is 0 Å². The molecule has 9 heavy (non-hydrogen) atoms. The molecule has 0 aliphatic carbocycles. The van der Waals surface area contributed by atoms with E-state index in [4.69, 9.17) is 0 Å². The van der Waals surface area contributed by atoms with Crippen molar-refractivity contribution in [1.82, 2.24) is 0 Å². The molecule has 0 bridgehead atoms. The third-order valence-corrected chi connectivity index (χ3v) is 1.24. The zero-order chi connectivity index (χ0) is 7.49. The molecule has 0 atom stereocenters. The van der Waals surface area contributed by atoms with Crippen molar-refractivity contribution in [3.05, 3.63) is 11.6 Å². The van der Waals surface area contributed by atoms with Crippen molar-refractivity contribution in [3.63, 3.8) is 0 Å². The molecular formula is C9H18. The summed E-state index contributed by atoms with van der Waals surface area (Å²) >= 11 is 0. The summed E-state index contributed by atoms with van der Waals surface area (Å²) < 4.78 is 0. The third-order valence-electron chi connectivity index (χ3n) is 1.24. The molecule has 0 rings (SSSR count). The van der Waals surface area contributed by atoms with Gasteiger partial charge in [0.2, 0.25) is 0 Å². The van der Waals surface area contributed by atoms with Gasteiger partial charge in [0.05, 0.1) is 0 Å². The van der Waals surface area contributed by atoms with Gasteiger partial charge in [-0.1, -0.05) is 39.3 Å². The number of rotatable bonds is 1. The van der Waals surface area contributed by atoms with Crippen LogP contribution in [0, 0.1) is 5.41 Å². The van der Waals surface area contributed by atoms with Crippen molar-refractivity contribution >= 4 is 0 Å². The van der Waals surface area contributed by atoms with Crippen LogP contribution in [0.1, 0.15) is 41.0 Å². The maximum absolute atomic E-state index is 2.33. The van der Waals surface area contributed by atoms with Gasteiger partial charge in [0.15, 0.2) is 0 Å². The second-order valence-electron chi connectivity index (χ2n) is 3.71. The minimum Gasteiger partial charge on any atom is -0.0802 e. The standard InChI is InChI=1S/C9H18/c1-6-8(2)7-9(3,4)5/h7H,6H2,1-5H3/b8-7-. The molecule has 54 valence electrons. The predicted octanol–water partition coefficient (Wildman–Crippen LogP) is 3.39. The molecule has 0 fully saturated rings. The Morgan fingerprint density at radius 3 is 1.89 bits per heavy atom. The highest BCUT2D eigenvalue weighted by atomic mass is 14.1. The molecule has 0 aromatic heterocycles. The molecule has 0 spiro atoms. The fourth-order valence-electron chi connectivity index (χ4n) is 0.841. The average molecular weight is 126 g/mol. The largest absolute Gasteiger partial charge is 0.0802 e. The van der Waals surface area contributed by atoms with Gasteiger partial charge in [-0.05, 0) is 18.8 Å². The highest BCUT2D eigenvalue weighted by Gasteiger charge is 2.04. The molecule has 0 aromatic rings. The molecule has 0 radical (unpaired) electrons. The lowest BCUT2D eigenvalue weighted by Crippen LogP contribution is -1.99. The SMILES string of the molecule is CC/C(C)=C\C(C)(C)C. The summed E-state index contributed by atoms with van der Waals surface area (Å²) in [6.07, 6.45) is 3.50. The van der Waals surface area contributed by atoms with E-state index in [1.54, 1.807) is 0 Å². The molecule has 0 saturated carbocycles. The number of hydrogen-bond acceptors (Lipinski definition) is 0. The lowest BCUT2D eigenvalue weighted by Gasteiger charge is -2.13. The summed E-state index contributed by atoms with van der Waals surface area (Å²) in [5, 5.41) is 0. The summed E-state index contributed by atoms with van der Waals surface area (Å²) in [5.74, 6) is 0. The van der Waals surface area contributed by atoms with Crippen molar-refractivity contribution in [2.75, 3.05) is 0 Å². The first-order valence-corrected chi connectivity index (χ1v) is 3.64. The van der Waals surface area contributed by atoms with Crippen LogP contribution in [0.4, 0.5) is 0 Å². The van der Waals surface area contributed by atoms with Crippen molar-refractivity contribution in [1.29, 1.82) is 0 Å². The number of allylic oxidation sites excluding steroid dienone is 2. The summed E-state index contributed by atoms with van der Waals surface area (Å²) in [6, 6.07) is 0. The van der Waals surface area contributed by atoms with E-state index in [9.17, 15) is 0 Å². The summed E-state index contributed by atoms with van der Waals surface area (Å²) in [7, 11) is 0. The monoisotopic (exact) mass is 126 g/mol. The quantitative estimate of drug-likeness (QED) is 0.472. The van der Waals surface area contributed by atoms with Gasteiger partial charge in [-0.3, -0.25) is 0 Å². The first-order chi connectivity index (χ1) is 3.95. The Morgan fingerprint density at radius 1 is 1.33 bits per heavy atom. The second-order valence-corrected chi connectivity index (χ2v) is 3.71. The van der Waals surface area contributed by atoms with E-state index in [-0.39, 0.29) is 0 Å². The summed E-state index contributed by atoms with van der Waals surface area (Å²) in [6.45, 7) is 11.1. The van der Waals surface area contributed by atoms with Crippen LogP contribution in [0.25, 0.3) is 0 Å². The lowest BCUT2D eigenvalue weighted by molar-refractivity contribution is 0.538. The van der Waals surface area contributed by atoms with Gasteiger partial charge >= 0.3 is 0 Å². The van der Waals surface area contributed by atoms with Crippen molar-refractivity contribution in [2.45, 2.75) is 41.0 Å². The zero-order valence-corrected chi connectivity index (χ0v) is 7.28. The maximum atomic E-state index is 2.33. The molecular weight excluding hydrogens is 108 g/mol. The van der Waals surface area contributed by atoms with E-state index < -0.39 is 0 Å². The Hall–Kier alpha value is -0.260. The van der Waals surface area contributed by atoms with E-state index in [0.717, 1.165) is 0 Å². The van der Waals surface area contributed by atoms with Gasteiger partial charge < -0.3 is 0 Å². The first kappa shape index (κ1) is 8.74. The molecule has 0 heteroatoms. The van der Waals surface area contributed by atoms with Gasteiger partial charge in [-0.2, -0.15) is 0 Å². The van der Waals surface area contributed by atoms with Gasteiger partial charge in [-0.25, -0.2) is 0 Å². The van der Waals surface area contributed by atoms with Gasteiger partial charge in [0.25, 0.3) is 0 Å². The van der Waals surface area contributed by atoms with Crippen molar-refractivity contribution in [2.24, 2.45) is 5.41 Å². The van der Waals surface area contributed by atoms with Crippen LogP contribution in [-0.4, -0.2) is 0 Å². The predicted molar refractivity (Wildman–Crippen MR) is 43.5 cm³/mol. The molecule has 0 nitrogen and oxygen atoms in total. The fraction of sp³-hybridized carbons (Fsp3) is 0.778. The molecule has 0 aromatic carbocycles. The minimum atomic E-state index is 0.361. The molecule has 0 saturated heterocycles. The normalized spacial score (nSPS) is 14.1. The highest BCUT2D eigenvalue weighted by molar-refractivity contribution is 5.02. The molecule has 0 aliphatic heterocycles. The first-order valence-electron chi connectivity index (χ1n) is 3.64. The molecule has 0 aliphatic rings. The average Bonchev–Trinajstić information content (AvgIpc) is 1.62. The summed E-state index contributed by atoms with van der Waals surface area (Å²) in [5.41, 5.74) is 1.85. The summed E-state index contributed by atoms with van der Waals surface area (Å²) in [4.78, 5) is 0. The van der Waals surface area contributed by atoms with Crippen LogP contribution >= 0.6 is 0 Å². The zero-order valence-electron chi connectivity index (χ0n) is 7.28. The van der Waals surface area contributed by atoms with Gasteiger partial charge in [-0.15, -0.1) is 0 Å². The Morgan fingerprint density at radius 2 is 1.78 bits per heavy atom. The van der Waals surface area contributed by atoms with E-state index in [2.05, 4.69) is 40.7 Å². The topological polar surface area (TPSA) is 0 Å². The Kier molecular flexibility index (Phi) is 2.96. The molecule has 0 heterocycles. The third kappa shape index (κ3) is 5.61. The fourth-order valence-corrected chi connectivity index (χ4v) is 0.841. The van der Waals surface area contributed by atoms with Crippen LogP contribution in [0.3, 0.4) is 0 Å². The Bertz CT molecular complexity index is 102. The second kappa shape index (κ2) is 3.05. The minimum absolute atomic E-state index is 0.361. The van der Waals surface area contributed by atoms with Crippen LogP contribution in [0.15, 0.2) is 11.6 Å². The van der Waals surface area contributed by atoms with E-state index >= 15 is 0 Å². The van der Waals surface area contributed by atoms with E-state index in [1.165, 1.54) is 12.0 Å². The van der Waals surface area contributed by atoms with Crippen molar-refractivity contribution < 1.29 is 0 Å². The maximum Gasteiger partial charge on any atom is -0.0201 e. The van der Waals surface area contributed by atoms with Crippen LogP contribution in [0.2, 0.25) is 0 Å². The molecule has 0 N–H and O–H groups in total. The van der Waals surface area contributed by atoms with Gasteiger partial charge in [0, 0.05) is 0 Å². The highest BCUT2D eigenvalue weighted by Crippen LogP contribution is 2.18. The number of hydrogen-bond donors (Lipinski definition) is 0. The van der Waals surface area contributed by atoms with E-state index in [0.29, 0.717) is 5.41 Å². The lowest BCUT2D eigenvalue weighted by atomic mass is 9.93. The van der Waals surface area contributed by atoms with Crippen LogP contribution < -0.4 is 0 Å². The van der Waals surface area contributed by atoms with Crippen LogP contribution in [-0.2, 0) is 0 Å². The molecule has 0 unspecified atom stereocenters. The van der Waals surface area contributed by atoms with Crippen molar-refractivity contribution in [3.8, 4) is 0 Å². The van der Waals surface area contributed by atoms with Gasteiger partial charge in [0.1, 0.15) is 0 Å². The molecule has 0 amide bonds. The smallest absolute Gasteiger partial charge is 0.0201 e. The Balaban J connectivity index is 3.95.